The van der Waals surface area contributed by atoms with Crippen molar-refractivity contribution in [3.8, 4) is 11.4 Å². The molecule has 5 rings (SSSR count). The molecule has 0 aliphatic heterocycles. The predicted molar refractivity (Wildman–Crippen MR) is 118 cm³/mol. The monoisotopic (exact) mass is 458 g/mol. The molecular weight excluding hydrogens is 444 g/mol. The molecule has 30 heavy (non-hydrogen) atoms. The van der Waals surface area contributed by atoms with Crippen molar-refractivity contribution >= 4 is 43.8 Å². The van der Waals surface area contributed by atoms with Crippen LogP contribution < -0.4 is 11.0 Å². The van der Waals surface area contributed by atoms with E-state index >= 15 is 0 Å². The first-order chi connectivity index (χ1) is 14.7. The maximum Gasteiger partial charge on any atom is 0.271 e. The number of para-hydroxylation sites is 2. The van der Waals surface area contributed by atoms with Crippen molar-refractivity contribution < 1.29 is 9.21 Å². The predicted octanol–water partition coefficient (Wildman–Crippen LogP) is 4.98. The van der Waals surface area contributed by atoms with Gasteiger partial charge < -0.3 is 9.40 Å². The second-order valence-corrected chi connectivity index (χ2v) is 7.58. The van der Waals surface area contributed by atoms with Gasteiger partial charge in [0.05, 0.1) is 16.6 Å². The summed E-state index contributed by atoms with van der Waals surface area (Å²) >= 11 is 3.49. The number of nitrogens with zero attached hydrogens (tertiary/aromatic N) is 2. The molecule has 1 amide bonds. The molecule has 0 aliphatic rings. The lowest BCUT2D eigenvalue weighted by molar-refractivity contribution is 0.0951. The smallest absolute Gasteiger partial charge is 0.271 e. The third-order valence-corrected chi connectivity index (χ3v) is 5.14. The number of halogens is 1. The number of carbonyl (C=O) groups is 1. The lowest BCUT2D eigenvalue weighted by Crippen LogP contribution is -2.22. The van der Waals surface area contributed by atoms with Crippen molar-refractivity contribution in [2.45, 2.75) is 0 Å². The molecule has 0 spiro atoms. The molecule has 3 aromatic carbocycles. The molecule has 0 unspecified atom stereocenters. The van der Waals surface area contributed by atoms with Crippen molar-refractivity contribution in [3.63, 3.8) is 0 Å². The number of rotatable bonds is 3. The van der Waals surface area contributed by atoms with Gasteiger partial charge in [0.2, 0.25) is 5.55 Å². The summed E-state index contributed by atoms with van der Waals surface area (Å²) in [6.45, 7) is 0. The molecule has 0 aliphatic carbocycles. The highest BCUT2D eigenvalue weighted by Crippen LogP contribution is 2.24. The molecule has 146 valence electrons. The molecule has 0 bridgehead atoms. The number of carbonyl (C=O) groups excluding carboxylic acids is 1. The Bertz CT molecular complexity index is 1420. The maximum absolute atomic E-state index is 12.4. The minimum Gasteiger partial charge on any atom is -0.436 e. The number of benzene rings is 3. The van der Waals surface area contributed by atoms with E-state index in [0.29, 0.717) is 22.5 Å². The second-order valence-electron chi connectivity index (χ2n) is 6.67. The number of H-pyrrole nitrogens is 1. The summed E-state index contributed by atoms with van der Waals surface area (Å²) in [4.78, 5) is 20.4. The first kappa shape index (κ1) is 18.3. The SMILES string of the molecule is O=C(NN=c1oc2ccc(Br)cc2cc1-c1nc2ccccc2[nH]1)c1ccccc1. The summed E-state index contributed by atoms with van der Waals surface area (Å²) in [5, 5.41) is 5.15. The number of fused-ring (bicyclic) bond motifs is 2. The Hall–Kier alpha value is -3.71. The number of nitrogens with one attached hydrogen (secondary N) is 2. The first-order valence-electron chi connectivity index (χ1n) is 9.25. The van der Waals surface area contributed by atoms with Crippen molar-refractivity contribution in [2.75, 3.05) is 0 Å². The molecule has 0 saturated carbocycles. The summed E-state index contributed by atoms with van der Waals surface area (Å²) in [6, 6.07) is 24.3. The molecule has 5 aromatic rings. The normalized spacial score (nSPS) is 11.8. The van der Waals surface area contributed by atoms with Crippen molar-refractivity contribution in [3.05, 3.63) is 94.5 Å². The van der Waals surface area contributed by atoms with Gasteiger partial charge in [0.15, 0.2) is 0 Å². The molecule has 0 saturated heterocycles. The zero-order valence-corrected chi connectivity index (χ0v) is 17.2. The molecule has 7 heteroatoms. The number of imidazole rings is 1. The topological polar surface area (TPSA) is 83.3 Å². The van der Waals surface area contributed by atoms with E-state index in [1.54, 1.807) is 24.3 Å². The van der Waals surface area contributed by atoms with Crippen LogP contribution >= 0.6 is 15.9 Å². The van der Waals surface area contributed by atoms with Crippen LogP contribution in [-0.4, -0.2) is 15.9 Å². The van der Waals surface area contributed by atoms with Gasteiger partial charge in [0.25, 0.3) is 5.91 Å². The van der Waals surface area contributed by atoms with E-state index in [1.807, 2.05) is 54.6 Å². The molecular formula is C23H15BrN4O2. The van der Waals surface area contributed by atoms with E-state index in [4.69, 9.17) is 4.42 Å². The van der Waals surface area contributed by atoms with Gasteiger partial charge in [0.1, 0.15) is 11.4 Å². The molecule has 0 atom stereocenters. The average molecular weight is 459 g/mol. The van der Waals surface area contributed by atoms with E-state index in [1.165, 1.54) is 0 Å². The second kappa shape index (κ2) is 7.61. The Labute approximate surface area is 179 Å². The van der Waals surface area contributed by atoms with Crippen LogP contribution in [0.1, 0.15) is 10.4 Å². The van der Waals surface area contributed by atoms with Gasteiger partial charge >= 0.3 is 0 Å². The number of aromatic amines is 1. The van der Waals surface area contributed by atoms with Gasteiger partial charge in [-0.1, -0.05) is 46.3 Å². The average Bonchev–Trinajstić information content (AvgIpc) is 3.21. The first-order valence-corrected chi connectivity index (χ1v) is 10.0. The van der Waals surface area contributed by atoms with Gasteiger partial charge in [-0.05, 0) is 48.5 Å². The zero-order chi connectivity index (χ0) is 20.5. The lowest BCUT2D eigenvalue weighted by Gasteiger charge is -2.04. The van der Waals surface area contributed by atoms with Crippen LogP contribution in [-0.2, 0) is 0 Å². The van der Waals surface area contributed by atoms with Crippen LogP contribution in [0.4, 0.5) is 0 Å². The molecule has 2 N–H and O–H groups in total. The van der Waals surface area contributed by atoms with Gasteiger partial charge in [-0.2, -0.15) is 0 Å². The highest BCUT2D eigenvalue weighted by molar-refractivity contribution is 9.10. The van der Waals surface area contributed by atoms with Crippen molar-refractivity contribution in [1.82, 2.24) is 15.4 Å². The summed E-state index contributed by atoms with van der Waals surface area (Å²) < 4.78 is 6.96. The largest absolute Gasteiger partial charge is 0.436 e. The highest BCUT2D eigenvalue weighted by atomic mass is 79.9. The molecule has 2 aromatic heterocycles. The standard InChI is InChI=1S/C23H15BrN4O2/c24-16-10-11-20-15(12-16)13-17(21-25-18-8-4-5-9-19(18)26-21)23(30-20)28-27-22(29)14-6-2-1-3-7-14/h1-13H,(H,25,26)(H,27,29). The van der Waals surface area contributed by atoms with Gasteiger partial charge in [-0.15, -0.1) is 5.10 Å². The van der Waals surface area contributed by atoms with Crippen LogP contribution in [0, 0.1) is 0 Å². The van der Waals surface area contributed by atoms with Crippen molar-refractivity contribution in [1.29, 1.82) is 0 Å². The van der Waals surface area contributed by atoms with Crippen molar-refractivity contribution in [2.24, 2.45) is 5.10 Å². The Morgan fingerprint density at radius 2 is 1.80 bits per heavy atom. The van der Waals surface area contributed by atoms with E-state index in [9.17, 15) is 4.79 Å². The Kier molecular flexibility index (Phi) is 4.65. The molecule has 0 fully saturated rings. The minimum absolute atomic E-state index is 0.258. The van der Waals surface area contributed by atoms with E-state index < -0.39 is 0 Å². The fraction of sp³-hybridized carbons (Fsp3) is 0. The Morgan fingerprint density at radius 3 is 2.63 bits per heavy atom. The van der Waals surface area contributed by atoms with E-state index in [-0.39, 0.29) is 11.5 Å². The van der Waals surface area contributed by atoms with Crippen LogP contribution in [0.5, 0.6) is 0 Å². The summed E-state index contributed by atoms with van der Waals surface area (Å²) in [7, 11) is 0. The summed E-state index contributed by atoms with van der Waals surface area (Å²) in [5.41, 5.74) is 6.37. The minimum atomic E-state index is -0.322. The van der Waals surface area contributed by atoms with E-state index in [2.05, 4.69) is 36.4 Å². The number of amides is 1. The zero-order valence-electron chi connectivity index (χ0n) is 15.6. The fourth-order valence-corrected chi connectivity index (χ4v) is 3.57. The molecule has 2 heterocycles. The Morgan fingerprint density at radius 1 is 1.00 bits per heavy atom. The third kappa shape index (κ3) is 3.51. The van der Waals surface area contributed by atoms with Crippen LogP contribution in [0.2, 0.25) is 0 Å². The molecule has 0 radical (unpaired) electrons. The van der Waals surface area contributed by atoms with Gasteiger partial charge in [-0.3, -0.25) is 4.79 Å². The van der Waals surface area contributed by atoms with Crippen LogP contribution in [0.25, 0.3) is 33.4 Å². The van der Waals surface area contributed by atoms with Gasteiger partial charge in [0, 0.05) is 15.4 Å². The number of hydrogen-bond acceptors (Lipinski definition) is 4. The highest BCUT2D eigenvalue weighted by Gasteiger charge is 2.12. The van der Waals surface area contributed by atoms with Crippen LogP contribution in [0.3, 0.4) is 0 Å². The van der Waals surface area contributed by atoms with Crippen LogP contribution in [0.15, 0.2) is 92.9 Å². The maximum atomic E-state index is 12.4. The summed E-state index contributed by atoms with van der Waals surface area (Å²) in [6.07, 6.45) is 0. The quantitative estimate of drug-likeness (QED) is 0.373. The fourth-order valence-electron chi connectivity index (χ4n) is 3.19. The van der Waals surface area contributed by atoms with E-state index in [0.717, 1.165) is 20.9 Å². The third-order valence-electron chi connectivity index (χ3n) is 4.65. The number of aromatic nitrogens is 2. The van der Waals surface area contributed by atoms with Gasteiger partial charge in [-0.25, -0.2) is 10.4 Å². The lowest BCUT2D eigenvalue weighted by atomic mass is 10.2. The molecule has 6 nitrogen and oxygen atoms in total. The Balaban J connectivity index is 1.66. The summed E-state index contributed by atoms with van der Waals surface area (Å²) in [5.74, 6) is 0.284. The number of hydrogen-bond donors (Lipinski definition) is 2.